The van der Waals surface area contributed by atoms with Gasteiger partial charge in [-0.05, 0) is 44.6 Å². The van der Waals surface area contributed by atoms with Crippen LogP contribution in [-0.4, -0.2) is 11.7 Å². The van der Waals surface area contributed by atoms with Crippen molar-refractivity contribution in [3.05, 3.63) is 55.1 Å². The summed E-state index contributed by atoms with van der Waals surface area (Å²) in [4.78, 5) is 0. The third-order valence-corrected chi connectivity index (χ3v) is 5.11. The minimum Gasteiger partial charge on any atom is -0.388 e. The first-order chi connectivity index (χ1) is 8.63. The maximum atomic E-state index is 10.5. The average Bonchev–Trinajstić information content (AvgIpc) is 2.79. The quantitative estimate of drug-likeness (QED) is 0.827. The maximum Gasteiger partial charge on any atom is 0.0879 e. The molecule has 2 aromatic rings. The fourth-order valence-electron chi connectivity index (χ4n) is 1.91. The molecule has 18 heavy (non-hydrogen) atoms. The largest absolute Gasteiger partial charge is 0.388 e. The summed E-state index contributed by atoms with van der Waals surface area (Å²) in [5, 5.41) is 12.4. The van der Waals surface area contributed by atoms with Crippen molar-refractivity contribution >= 4 is 43.2 Å². The summed E-state index contributed by atoms with van der Waals surface area (Å²) in [6.07, 6.45) is -0.587. The number of hydrogen-bond donors (Lipinski definition) is 2. The summed E-state index contributed by atoms with van der Waals surface area (Å²) in [5.74, 6) is -0.109. The van der Waals surface area contributed by atoms with Crippen LogP contribution in [0.3, 0.4) is 0 Å². The van der Waals surface area contributed by atoms with Crippen molar-refractivity contribution in [2.45, 2.75) is 12.0 Å². The predicted molar refractivity (Wildman–Crippen MR) is 82.9 cm³/mol. The lowest BCUT2D eigenvalue weighted by Crippen LogP contribution is -2.20. The second-order valence-electron chi connectivity index (χ2n) is 3.99. The first kappa shape index (κ1) is 14.2. The molecule has 0 fully saturated rings. The molecule has 0 saturated heterocycles. The number of thiophene rings is 1. The van der Waals surface area contributed by atoms with Crippen LogP contribution in [0, 0.1) is 0 Å². The van der Waals surface area contributed by atoms with Crippen molar-refractivity contribution in [1.29, 1.82) is 0 Å². The number of nitrogens with two attached hydrogens (primary N) is 1. The molecule has 2 rings (SSSR count). The summed E-state index contributed by atoms with van der Waals surface area (Å²) in [5.41, 5.74) is 7.77. The van der Waals surface area contributed by atoms with Crippen LogP contribution < -0.4 is 5.73 Å². The van der Waals surface area contributed by atoms with Gasteiger partial charge in [0.05, 0.1) is 9.89 Å². The third-order valence-electron chi connectivity index (χ3n) is 2.87. The second kappa shape index (κ2) is 6.30. The van der Waals surface area contributed by atoms with E-state index < -0.39 is 6.10 Å². The molecule has 0 aliphatic carbocycles. The molecule has 2 nitrogen and oxygen atoms in total. The number of rotatable bonds is 4. The fourth-order valence-corrected chi connectivity index (χ4v) is 3.70. The van der Waals surface area contributed by atoms with Crippen molar-refractivity contribution in [3.8, 4) is 0 Å². The molecule has 1 aromatic heterocycles. The van der Waals surface area contributed by atoms with E-state index in [1.807, 2.05) is 35.7 Å². The Hall–Kier alpha value is -0.200. The monoisotopic (exact) mass is 389 g/mol. The molecule has 0 saturated carbocycles. The fraction of sp³-hybridized carbons (Fsp3) is 0.231. The van der Waals surface area contributed by atoms with Gasteiger partial charge in [0.1, 0.15) is 0 Å². The summed E-state index contributed by atoms with van der Waals surface area (Å²) in [6.45, 7) is 0.400. The van der Waals surface area contributed by atoms with Gasteiger partial charge in [-0.25, -0.2) is 0 Å². The zero-order valence-corrected chi connectivity index (χ0v) is 13.5. The highest BCUT2D eigenvalue weighted by Gasteiger charge is 2.23. The molecular weight excluding hydrogens is 378 g/mol. The van der Waals surface area contributed by atoms with Gasteiger partial charge in [0.25, 0.3) is 0 Å². The molecular formula is C13H13Br2NOS. The molecule has 3 N–H and O–H groups in total. The highest BCUT2D eigenvalue weighted by Crippen LogP contribution is 2.36. The standard InChI is InChI=1S/C13H13Br2NOS/c14-11-4-2-1-3-9(11)10(6-16)13(17)8-5-12(15)18-7-8/h1-5,7,10,13,17H,6,16H2. The number of hydrogen-bond acceptors (Lipinski definition) is 3. The van der Waals surface area contributed by atoms with Gasteiger partial charge in [-0.2, -0.15) is 0 Å². The van der Waals surface area contributed by atoms with Crippen molar-refractivity contribution in [1.82, 2.24) is 0 Å². The summed E-state index contributed by atoms with van der Waals surface area (Å²) < 4.78 is 1.99. The summed E-state index contributed by atoms with van der Waals surface area (Å²) >= 11 is 8.48. The highest BCUT2D eigenvalue weighted by atomic mass is 79.9. The van der Waals surface area contributed by atoms with E-state index in [2.05, 4.69) is 31.9 Å². The molecule has 1 heterocycles. The Labute approximate surface area is 127 Å². The molecule has 5 heteroatoms. The maximum absolute atomic E-state index is 10.5. The molecule has 0 radical (unpaired) electrons. The van der Waals surface area contributed by atoms with Crippen molar-refractivity contribution in [3.63, 3.8) is 0 Å². The van der Waals surface area contributed by atoms with E-state index in [1.165, 1.54) is 0 Å². The van der Waals surface area contributed by atoms with Gasteiger partial charge in [0.2, 0.25) is 0 Å². The minimum atomic E-state index is -0.587. The first-order valence-corrected chi connectivity index (χ1v) is 7.96. The lowest BCUT2D eigenvalue weighted by atomic mass is 9.90. The van der Waals surface area contributed by atoms with Crippen LogP contribution in [0.1, 0.15) is 23.1 Å². The van der Waals surface area contributed by atoms with Gasteiger partial charge < -0.3 is 10.8 Å². The Balaban J connectivity index is 2.32. The molecule has 1 aromatic carbocycles. The Morgan fingerprint density at radius 2 is 2.00 bits per heavy atom. The van der Waals surface area contributed by atoms with Crippen LogP contribution in [0.5, 0.6) is 0 Å². The molecule has 0 amide bonds. The van der Waals surface area contributed by atoms with E-state index in [0.717, 1.165) is 19.4 Å². The van der Waals surface area contributed by atoms with Gasteiger partial charge >= 0.3 is 0 Å². The smallest absolute Gasteiger partial charge is 0.0879 e. The lowest BCUT2D eigenvalue weighted by Gasteiger charge is -2.22. The lowest BCUT2D eigenvalue weighted by molar-refractivity contribution is 0.147. The van der Waals surface area contributed by atoms with E-state index in [1.54, 1.807) is 11.3 Å². The molecule has 2 atom stereocenters. The van der Waals surface area contributed by atoms with Crippen LogP contribution >= 0.6 is 43.2 Å². The Morgan fingerprint density at radius 1 is 1.28 bits per heavy atom. The molecule has 96 valence electrons. The number of aliphatic hydroxyl groups excluding tert-OH is 1. The molecule has 0 bridgehead atoms. The van der Waals surface area contributed by atoms with E-state index in [4.69, 9.17) is 5.73 Å². The highest BCUT2D eigenvalue weighted by molar-refractivity contribution is 9.11. The van der Waals surface area contributed by atoms with Crippen molar-refractivity contribution in [2.75, 3.05) is 6.54 Å². The summed E-state index contributed by atoms with van der Waals surface area (Å²) in [7, 11) is 0. The second-order valence-corrected chi connectivity index (χ2v) is 7.14. The normalized spacial score (nSPS) is 14.4. The first-order valence-electron chi connectivity index (χ1n) is 5.50. The van der Waals surface area contributed by atoms with Crippen LogP contribution in [0.2, 0.25) is 0 Å². The zero-order valence-electron chi connectivity index (χ0n) is 9.51. The van der Waals surface area contributed by atoms with Gasteiger partial charge in [0, 0.05) is 16.9 Å². The molecule has 0 aliphatic heterocycles. The van der Waals surface area contributed by atoms with Crippen molar-refractivity contribution < 1.29 is 5.11 Å². The SMILES string of the molecule is NCC(c1ccccc1Br)C(O)c1csc(Br)c1. The molecule has 0 spiro atoms. The van der Waals surface area contributed by atoms with Gasteiger partial charge in [-0.3, -0.25) is 0 Å². The van der Waals surface area contributed by atoms with Crippen LogP contribution in [-0.2, 0) is 0 Å². The topological polar surface area (TPSA) is 46.2 Å². The molecule has 0 aliphatic rings. The van der Waals surface area contributed by atoms with E-state index in [-0.39, 0.29) is 5.92 Å². The number of halogens is 2. The van der Waals surface area contributed by atoms with Gasteiger partial charge in [-0.15, -0.1) is 11.3 Å². The summed E-state index contributed by atoms with van der Waals surface area (Å²) in [6, 6.07) is 9.81. The average molecular weight is 391 g/mol. The predicted octanol–water partition coefficient (Wildman–Crippen LogP) is 4.05. The third kappa shape index (κ3) is 3.03. The zero-order chi connectivity index (χ0) is 13.1. The van der Waals surface area contributed by atoms with Crippen LogP contribution in [0.4, 0.5) is 0 Å². The van der Waals surface area contributed by atoms with Crippen molar-refractivity contribution in [2.24, 2.45) is 5.73 Å². The van der Waals surface area contributed by atoms with E-state index in [9.17, 15) is 5.11 Å². The van der Waals surface area contributed by atoms with Gasteiger partial charge in [-0.1, -0.05) is 34.1 Å². The Morgan fingerprint density at radius 3 is 2.56 bits per heavy atom. The van der Waals surface area contributed by atoms with Crippen LogP contribution in [0.15, 0.2) is 44.0 Å². The van der Waals surface area contributed by atoms with Crippen LogP contribution in [0.25, 0.3) is 0 Å². The number of benzene rings is 1. The molecule has 2 unspecified atom stereocenters. The van der Waals surface area contributed by atoms with E-state index >= 15 is 0 Å². The Kier molecular flexibility index (Phi) is 4.98. The Bertz CT molecular complexity index is 529. The number of aliphatic hydroxyl groups is 1. The van der Waals surface area contributed by atoms with E-state index in [0.29, 0.717) is 6.54 Å². The van der Waals surface area contributed by atoms with Gasteiger partial charge in [0.15, 0.2) is 0 Å². The minimum absolute atomic E-state index is 0.109.